The lowest BCUT2D eigenvalue weighted by molar-refractivity contribution is 0.470. The van der Waals surface area contributed by atoms with E-state index in [1.165, 1.54) is 17.5 Å². The van der Waals surface area contributed by atoms with Crippen LogP contribution in [0.15, 0.2) is 0 Å². The second-order valence-corrected chi connectivity index (χ2v) is 4.01. The summed E-state index contributed by atoms with van der Waals surface area (Å²) in [6.45, 7) is 2.17. The van der Waals surface area contributed by atoms with Crippen LogP contribution in [0.5, 0.6) is 0 Å². The monoisotopic (exact) mass is 172 g/mol. The summed E-state index contributed by atoms with van der Waals surface area (Å²) in [6.07, 6.45) is 2.76. The third-order valence-corrected chi connectivity index (χ3v) is 0.949. The fourth-order valence-electron chi connectivity index (χ4n) is 0. The van der Waals surface area contributed by atoms with Gasteiger partial charge in [0.1, 0.15) is 5.75 Å². The maximum absolute atomic E-state index is 9.08. The van der Waals surface area contributed by atoms with Crippen molar-refractivity contribution in [3.8, 4) is 0 Å². The number of hydrogen-bond acceptors (Lipinski definition) is 3. The minimum absolute atomic E-state index is 0.604. The Kier molecular flexibility index (Phi) is 8.50. The molecule has 5 heteroatoms. The molecule has 0 aliphatic rings. The molecular formula is C4H12O3S2. The van der Waals surface area contributed by atoms with Crippen LogP contribution >= 0.6 is 0 Å². The van der Waals surface area contributed by atoms with Crippen LogP contribution in [-0.4, -0.2) is 31.2 Å². The summed E-state index contributed by atoms with van der Waals surface area (Å²) in [5.41, 5.74) is 0. The highest BCUT2D eigenvalue weighted by Crippen LogP contribution is 1.59. The van der Waals surface area contributed by atoms with Crippen molar-refractivity contribution in [1.82, 2.24) is 0 Å². The number of hydrogen-bond donors (Lipinski definition) is 0. The van der Waals surface area contributed by atoms with E-state index in [1.807, 2.05) is 0 Å². The molecule has 0 heterocycles. The third-order valence-electron chi connectivity index (χ3n) is 0.316. The highest BCUT2D eigenvalue weighted by atomic mass is 32.2. The number of thiol groups is 1. The van der Waals surface area contributed by atoms with Gasteiger partial charge in [0.2, 0.25) is 0 Å². The summed E-state index contributed by atoms with van der Waals surface area (Å²) in [5.74, 6) is 1.29. The van der Waals surface area contributed by atoms with Crippen molar-refractivity contribution < 1.29 is 13.0 Å². The minimum atomic E-state index is -3.92. The van der Waals surface area contributed by atoms with Crippen molar-refractivity contribution in [2.45, 2.75) is 6.92 Å². The second kappa shape index (κ2) is 6.38. The Morgan fingerprint density at radius 3 is 1.67 bits per heavy atom. The van der Waals surface area contributed by atoms with E-state index in [0.29, 0.717) is 6.26 Å². The predicted octanol–water partition coefficient (Wildman–Crippen LogP) is -0.388. The zero-order valence-electron chi connectivity index (χ0n) is 5.79. The summed E-state index contributed by atoms with van der Waals surface area (Å²) < 4.78 is 27.2. The van der Waals surface area contributed by atoms with Gasteiger partial charge in [0.05, 0.1) is 16.4 Å². The second-order valence-electron chi connectivity index (χ2n) is 1.34. The van der Waals surface area contributed by atoms with E-state index in [0.717, 1.165) is 0 Å². The van der Waals surface area contributed by atoms with Crippen LogP contribution in [-0.2, 0) is 21.9 Å². The highest BCUT2D eigenvalue weighted by molar-refractivity contribution is 7.84. The Bertz CT molecular complexity index is 117. The van der Waals surface area contributed by atoms with Crippen molar-refractivity contribution in [3.63, 3.8) is 0 Å². The molecule has 0 aromatic carbocycles. The molecule has 0 aromatic rings. The topological polar surface area (TPSA) is 57.2 Å². The maximum atomic E-state index is 9.08. The van der Waals surface area contributed by atoms with Crippen LogP contribution in [0.2, 0.25) is 0 Å². The minimum Gasteiger partial charge on any atom is -0.748 e. The smallest absolute Gasteiger partial charge is 0.102 e. The average molecular weight is 172 g/mol. The summed E-state index contributed by atoms with van der Waals surface area (Å²) >= 11 is 1.50. The normalized spacial score (nSPS) is 9.78. The van der Waals surface area contributed by atoms with Gasteiger partial charge in [-0.1, -0.05) is 0 Å². The summed E-state index contributed by atoms with van der Waals surface area (Å²) in [6, 6.07) is 0. The fourth-order valence-corrected chi connectivity index (χ4v) is 0. The van der Waals surface area contributed by atoms with E-state index in [2.05, 4.69) is 13.2 Å². The van der Waals surface area contributed by atoms with Crippen molar-refractivity contribution in [3.05, 3.63) is 0 Å². The lowest BCUT2D eigenvalue weighted by Crippen LogP contribution is -1.88. The Labute approximate surface area is 60.6 Å². The molecule has 0 aliphatic heterocycles. The molecular weight excluding hydrogens is 160 g/mol. The van der Waals surface area contributed by atoms with Gasteiger partial charge < -0.3 is 4.55 Å². The largest absolute Gasteiger partial charge is 0.748 e. The molecule has 0 fully saturated rings. The first-order chi connectivity index (χ1) is 3.91. The van der Waals surface area contributed by atoms with Crippen molar-refractivity contribution in [2.75, 3.05) is 18.3 Å². The molecule has 0 aliphatic carbocycles. The first-order valence-corrected chi connectivity index (χ1v) is 5.72. The van der Waals surface area contributed by atoms with E-state index < -0.39 is 10.1 Å². The standard InChI is InChI=1S/C3H8S.CH4O3S/c1-3-4-2;1-5(2,3)4/h3H2,1-2H3;1H3,(H,2,3,4). The molecule has 3 nitrogen and oxygen atoms in total. The quantitative estimate of drug-likeness (QED) is 0.307. The highest BCUT2D eigenvalue weighted by Gasteiger charge is 1.66. The molecule has 9 heavy (non-hydrogen) atoms. The van der Waals surface area contributed by atoms with Crippen LogP contribution in [0.25, 0.3) is 0 Å². The van der Waals surface area contributed by atoms with Gasteiger partial charge in [-0.3, -0.25) is 0 Å². The van der Waals surface area contributed by atoms with E-state index in [-0.39, 0.29) is 0 Å². The Morgan fingerprint density at radius 1 is 1.56 bits per heavy atom. The van der Waals surface area contributed by atoms with Crippen LogP contribution in [0.1, 0.15) is 6.92 Å². The van der Waals surface area contributed by atoms with Crippen LogP contribution in [0, 0.1) is 0 Å². The molecule has 0 unspecified atom stereocenters. The van der Waals surface area contributed by atoms with E-state index >= 15 is 0 Å². The predicted molar refractivity (Wildman–Crippen MR) is 40.8 cm³/mol. The van der Waals surface area contributed by atoms with Gasteiger partial charge in [0, 0.05) is 6.26 Å². The Balaban J connectivity index is 0. The first kappa shape index (κ1) is 12.0. The molecule has 0 N–H and O–H groups in total. The zero-order chi connectivity index (χ0) is 7.91. The molecule has 0 saturated carbocycles. The van der Waals surface area contributed by atoms with E-state index in [1.54, 1.807) is 0 Å². The summed E-state index contributed by atoms with van der Waals surface area (Å²) in [5, 5.41) is 0. The molecule has 0 aromatic heterocycles. The molecule has 0 radical (unpaired) electrons. The van der Waals surface area contributed by atoms with Gasteiger partial charge in [-0.25, -0.2) is 8.42 Å². The van der Waals surface area contributed by atoms with Gasteiger partial charge >= 0.3 is 0 Å². The average Bonchev–Trinajstić information content (AvgIpc) is 1.61. The Hall–Kier alpha value is 0.260. The molecule has 0 spiro atoms. The van der Waals surface area contributed by atoms with Gasteiger partial charge in [0.15, 0.2) is 0 Å². The SMILES string of the molecule is CC[SH+]C.CS(=O)(=O)[O-]. The van der Waals surface area contributed by atoms with Crippen LogP contribution in [0.4, 0.5) is 0 Å². The van der Waals surface area contributed by atoms with Crippen LogP contribution in [0.3, 0.4) is 0 Å². The van der Waals surface area contributed by atoms with Crippen molar-refractivity contribution >= 4 is 21.9 Å². The molecule has 58 valence electrons. The van der Waals surface area contributed by atoms with Crippen molar-refractivity contribution in [2.24, 2.45) is 0 Å². The maximum Gasteiger partial charge on any atom is 0.102 e. The molecule has 0 rings (SSSR count). The number of rotatable bonds is 1. The fraction of sp³-hybridized carbons (Fsp3) is 1.00. The van der Waals surface area contributed by atoms with E-state index in [9.17, 15) is 0 Å². The van der Waals surface area contributed by atoms with Gasteiger partial charge in [0.25, 0.3) is 0 Å². The van der Waals surface area contributed by atoms with E-state index in [4.69, 9.17) is 13.0 Å². The van der Waals surface area contributed by atoms with Gasteiger partial charge in [-0.15, -0.1) is 0 Å². The van der Waals surface area contributed by atoms with Gasteiger partial charge in [-0.2, -0.15) is 0 Å². The molecule has 0 atom stereocenters. The van der Waals surface area contributed by atoms with Gasteiger partial charge in [-0.05, 0) is 18.7 Å². The lowest BCUT2D eigenvalue weighted by atomic mass is 11.0. The zero-order valence-corrected chi connectivity index (χ0v) is 7.50. The first-order valence-electron chi connectivity index (χ1n) is 2.38. The Morgan fingerprint density at radius 2 is 1.67 bits per heavy atom. The van der Waals surface area contributed by atoms with Crippen molar-refractivity contribution in [1.29, 1.82) is 0 Å². The van der Waals surface area contributed by atoms with Crippen LogP contribution < -0.4 is 0 Å². The summed E-state index contributed by atoms with van der Waals surface area (Å²) in [4.78, 5) is 0. The summed E-state index contributed by atoms with van der Waals surface area (Å²) in [7, 11) is -3.92. The molecule has 0 bridgehead atoms. The third kappa shape index (κ3) is 204. The lowest BCUT2D eigenvalue weighted by Gasteiger charge is -1.90. The molecule has 0 amide bonds. The molecule has 0 saturated heterocycles.